The summed E-state index contributed by atoms with van der Waals surface area (Å²) in [4.78, 5) is 19.5. The van der Waals surface area contributed by atoms with Crippen molar-refractivity contribution in [2.75, 3.05) is 11.5 Å². The monoisotopic (exact) mass is 424 g/mol. The summed E-state index contributed by atoms with van der Waals surface area (Å²) in [6.07, 6.45) is 0.236. The smallest absolute Gasteiger partial charge is 0.253 e. The van der Waals surface area contributed by atoms with Crippen LogP contribution in [0.25, 0.3) is 0 Å². The molecule has 1 aromatic carbocycles. The molecule has 2 saturated heterocycles. The van der Waals surface area contributed by atoms with Crippen molar-refractivity contribution in [2.45, 2.75) is 24.3 Å². The molecule has 2 fully saturated rings. The number of sulfone groups is 1. The highest BCUT2D eigenvalue weighted by molar-refractivity contribution is 8.15. The van der Waals surface area contributed by atoms with Crippen molar-refractivity contribution in [1.29, 1.82) is 0 Å². The average molecular weight is 425 g/mol. The number of thioether (sulfide) groups is 1. The minimum atomic E-state index is -3.09. The molecule has 2 aliphatic rings. The first-order valence-corrected chi connectivity index (χ1v) is 12.0. The molecule has 5 nitrogen and oxygen atoms in total. The topological polar surface area (TPSA) is 66.8 Å². The van der Waals surface area contributed by atoms with Crippen LogP contribution in [0.1, 0.15) is 10.4 Å². The lowest BCUT2D eigenvalue weighted by atomic mass is 10.1. The molecule has 2 aliphatic heterocycles. The summed E-state index contributed by atoms with van der Waals surface area (Å²) >= 11 is 2.87. The molecule has 0 bridgehead atoms. The van der Waals surface area contributed by atoms with Crippen molar-refractivity contribution in [1.82, 2.24) is 4.90 Å². The molecule has 142 valence electrons. The molecule has 0 N–H and O–H groups in total. The van der Waals surface area contributed by atoms with E-state index in [9.17, 15) is 17.6 Å². The number of hydrogen-bond donors (Lipinski definition) is 0. The molecule has 3 heterocycles. The standard InChI is InChI=1S/C18H17FN2O3S3/c19-13-5-3-12(4-6-13)9-21-15-10-27(23,24)11-16(15)26-18(21)20-17(22)8-14-2-1-7-25-14/h1-7,15-16H,8-11H2/t15-,16+/m0/s1. The van der Waals surface area contributed by atoms with E-state index in [0.717, 1.165) is 10.4 Å². The Morgan fingerprint density at radius 2 is 2.00 bits per heavy atom. The van der Waals surface area contributed by atoms with Gasteiger partial charge in [-0.15, -0.1) is 11.3 Å². The van der Waals surface area contributed by atoms with Crippen LogP contribution in [0.4, 0.5) is 4.39 Å². The van der Waals surface area contributed by atoms with Gasteiger partial charge < -0.3 is 4.90 Å². The number of nitrogens with zero attached hydrogens (tertiary/aromatic N) is 2. The van der Waals surface area contributed by atoms with Crippen LogP contribution in [-0.4, -0.2) is 47.2 Å². The first-order chi connectivity index (χ1) is 12.9. The SMILES string of the molecule is O=C(Cc1cccs1)N=C1S[C@@H]2CS(=O)(=O)C[C@@H]2N1Cc1ccc(F)cc1. The number of halogens is 1. The van der Waals surface area contributed by atoms with E-state index in [-0.39, 0.29) is 40.9 Å². The number of benzene rings is 1. The van der Waals surface area contributed by atoms with Crippen LogP contribution in [0.2, 0.25) is 0 Å². The number of rotatable bonds is 4. The number of thiophene rings is 1. The van der Waals surface area contributed by atoms with Gasteiger partial charge in [-0.25, -0.2) is 12.8 Å². The van der Waals surface area contributed by atoms with Crippen LogP contribution in [-0.2, 0) is 27.6 Å². The van der Waals surface area contributed by atoms with Gasteiger partial charge in [0.25, 0.3) is 5.91 Å². The van der Waals surface area contributed by atoms with Gasteiger partial charge in [0.15, 0.2) is 15.0 Å². The van der Waals surface area contributed by atoms with Crippen molar-refractivity contribution in [3.63, 3.8) is 0 Å². The Morgan fingerprint density at radius 1 is 1.22 bits per heavy atom. The predicted octanol–water partition coefficient (Wildman–Crippen LogP) is 2.73. The van der Waals surface area contributed by atoms with Crippen molar-refractivity contribution < 1.29 is 17.6 Å². The van der Waals surface area contributed by atoms with Gasteiger partial charge in [0, 0.05) is 16.7 Å². The highest BCUT2D eigenvalue weighted by Crippen LogP contribution is 2.39. The molecule has 2 aromatic rings. The number of amides is 1. The summed E-state index contributed by atoms with van der Waals surface area (Å²) < 4.78 is 37.2. The summed E-state index contributed by atoms with van der Waals surface area (Å²) in [6.45, 7) is 0.398. The zero-order valence-electron chi connectivity index (χ0n) is 14.2. The molecule has 4 rings (SSSR count). The Balaban J connectivity index is 1.58. The second kappa shape index (κ2) is 7.37. The molecular weight excluding hydrogens is 407 g/mol. The second-order valence-corrected chi connectivity index (χ2v) is 11.0. The van der Waals surface area contributed by atoms with E-state index in [1.54, 1.807) is 12.1 Å². The molecule has 1 aromatic heterocycles. The maximum absolute atomic E-state index is 13.2. The Kier molecular flexibility index (Phi) is 5.09. The lowest BCUT2D eigenvalue weighted by Crippen LogP contribution is -2.37. The van der Waals surface area contributed by atoms with Crippen molar-refractivity contribution >= 4 is 44.0 Å². The number of carbonyl (C=O) groups is 1. The number of aliphatic imine (C=N–C) groups is 1. The number of hydrogen-bond acceptors (Lipinski definition) is 5. The maximum Gasteiger partial charge on any atom is 0.253 e. The predicted molar refractivity (Wildman–Crippen MR) is 106 cm³/mol. The van der Waals surface area contributed by atoms with Gasteiger partial charge in [-0.3, -0.25) is 4.79 Å². The van der Waals surface area contributed by atoms with Crippen LogP contribution in [0, 0.1) is 5.82 Å². The zero-order valence-corrected chi connectivity index (χ0v) is 16.7. The van der Waals surface area contributed by atoms with E-state index in [1.807, 2.05) is 22.4 Å². The van der Waals surface area contributed by atoms with Crippen LogP contribution >= 0.6 is 23.1 Å². The third kappa shape index (κ3) is 4.25. The summed E-state index contributed by atoms with van der Waals surface area (Å²) in [5.74, 6) is -0.410. The van der Waals surface area contributed by atoms with Gasteiger partial charge in [0.2, 0.25) is 0 Å². The van der Waals surface area contributed by atoms with Gasteiger partial charge in [-0.05, 0) is 29.1 Å². The maximum atomic E-state index is 13.2. The Morgan fingerprint density at radius 3 is 2.70 bits per heavy atom. The third-order valence-electron chi connectivity index (χ3n) is 4.57. The molecule has 0 unspecified atom stereocenters. The van der Waals surface area contributed by atoms with Crippen LogP contribution in [0.5, 0.6) is 0 Å². The van der Waals surface area contributed by atoms with Crippen molar-refractivity contribution in [3.8, 4) is 0 Å². The van der Waals surface area contributed by atoms with Crippen LogP contribution in [0.3, 0.4) is 0 Å². The van der Waals surface area contributed by atoms with E-state index in [1.165, 1.54) is 35.2 Å². The van der Waals surface area contributed by atoms with E-state index in [0.29, 0.717) is 11.7 Å². The summed E-state index contributed by atoms with van der Waals surface area (Å²) in [6, 6.07) is 9.66. The highest BCUT2D eigenvalue weighted by Gasteiger charge is 2.48. The van der Waals surface area contributed by atoms with Crippen molar-refractivity contribution in [2.24, 2.45) is 4.99 Å². The van der Waals surface area contributed by atoms with Gasteiger partial charge in [-0.2, -0.15) is 4.99 Å². The molecule has 0 radical (unpaired) electrons. The summed E-state index contributed by atoms with van der Waals surface area (Å²) in [5.41, 5.74) is 0.848. The first-order valence-electron chi connectivity index (χ1n) is 8.42. The van der Waals surface area contributed by atoms with Crippen LogP contribution in [0.15, 0.2) is 46.8 Å². The summed E-state index contributed by atoms with van der Waals surface area (Å²) in [5, 5.41) is 2.35. The minimum absolute atomic E-state index is 0.0595. The van der Waals surface area contributed by atoms with Gasteiger partial charge in [-0.1, -0.05) is 30.0 Å². The second-order valence-electron chi connectivity index (χ2n) is 6.60. The Bertz CT molecular complexity index is 972. The molecule has 9 heteroatoms. The fourth-order valence-electron chi connectivity index (χ4n) is 3.32. The number of amidine groups is 1. The third-order valence-corrected chi connectivity index (χ3v) is 8.69. The fraction of sp³-hybridized carbons (Fsp3) is 0.333. The van der Waals surface area contributed by atoms with E-state index in [2.05, 4.69) is 4.99 Å². The number of carbonyl (C=O) groups excluding carboxylic acids is 1. The molecule has 1 amide bonds. The van der Waals surface area contributed by atoms with Crippen LogP contribution < -0.4 is 0 Å². The summed E-state index contributed by atoms with van der Waals surface area (Å²) in [7, 11) is -3.09. The van der Waals surface area contributed by atoms with Crippen molar-refractivity contribution in [3.05, 3.63) is 58.0 Å². The zero-order chi connectivity index (χ0) is 19.0. The van der Waals surface area contributed by atoms with Gasteiger partial charge >= 0.3 is 0 Å². The Labute approximate surface area is 165 Å². The Hall–Kier alpha value is -1.71. The normalized spacial score (nSPS) is 25.1. The minimum Gasteiger partial charge on any atom is -0.342 e. The quantitative estimate of drug-likeness (QED) is 0.755. The van der Waals surface area contributed by atoms with Gasteiger partial charge in [0.1, 0.15) is 5.82 Å². The van der Waals surface area contributed by atoms with Gasteiger partial charge in [0.05, 0.1) is 24.0 Å². The fourth-order valence-corrected chi connectivity index (χ4v) is 7.98. The van der Waals surface area contributed by atoms with E-state index < -0.39 is 9.84 Å². The molecular formula is C18H17FN2O3S3. The first kappa shape index (κ1) is 18.6. The van der Waals surface area contributed by atoms with E-state index in [4.69, 9.17) is 0 Å². The molecule has 0 aliphatic carbocycles. The molecule has 2 atom stereocenters. The largest absolute Gasteiger partial charge is 0.342 e. The molecule has 0 saturated carbocycles. The molecule has 0 spiro atoms. The van der Waals surface area contributed by atoms with E-state index >= 15 is 0 Å². The highest BCUT2D eigenvalue weighted by atomic mass is 32.2. The lowest BCUT2D eigenvalue weighted by molar-refractivity contribution is -0.117. The lowest BCUT2D eigenvalue weighted by Gasteiger charge is -2.24. The average Bonchev–Trinajstić information content (AvgIpc) is 3.27. The molecule has 27 heavy (non-hydrogen) atoms. The number of fused-ring (bicyclic) bond motifs is 1.